The minimum absolute atomic E-state index is 0.267. The lowest BCUT2D eigenvalue weighted by Gasteiger charge is -2.35. The summed E-state index contributed by atoms with van der Waals surface area (Å²) in [6.07, 6.45) is 1.17. The van der Waals surface area contributed by atoms with Crippen molar-refractivity contribution in [3.8, 4) is 0 Å². The molecule has 0 fully saturated rings. The molecule has 1 unspecified atom stereocenters. The molecule has 2 aliphatic rings. The van der Waals surface area contributed by atoms with Gasteiger partial charge >= 0.3 is 11.9 Å². The Hall–Kier alpha value is -2.76. The van der Waals surface area contributed by atoms with Gasteiger partial charge in [-0.05, 0) is 27.2 Å². The van der Waals surface area contributed by atoms with Gasteiger partial charge in [0.05, 0.1) is 30.8 Å². The molecular weight excluding hydrogens is 348 g/mol. The maximum Gasteiger partial charge on any atom is 0.338 e. The Morgan fingerprint density at radius 3 is 2.22 bits per heavy atom. The number of ether oxygens (including phenoxy) is 4. The summed E-state index contributed by atoms with van der Waals surface area (Å²) in [5.41, 5.74) is 1.76. The predicted octanol–water partition coefficient (Wildman–Crippen LogP) is 3.72. The molecule has 0 bridgehead atoms. The molecule has 2 aliphatic heterocycles. The van der Waals surface area contributed by atoms with Gasteiger partial charge in [-0.2, -0.15) is 0 Å². The number of carbonyl (C=O) groups excluding carboxylic acids is 2. The van der Waals surface area contributed by atoms with Gasteiger partial charge < -0.3 is 18.9 Å². The van der Waals surface area contributed by atoms with E-state index in [-0.39, 0.29) is 19.0 Å². The van der Waals surface area contributed by atoms with Crippen LogP contribution < -0.4 is 0 Å². The molecule has 6 heteroatoms. The van der Waals surface area contributed by atoms with E-state index in [9.17, 15) is 9.59 Å². The van der Waals surface area contributed by atoms with Crippen LogP contribution in [0.5, 0.6) is 0 Å². The van der Waals surface area contributed by atoms with E-state index < -0.39 is 11.8 Å². The Morgan fingerprint density at radius 1 is 1.00 bits per heavy atom. The zero-order valence-electron chi connectivity index (χ0n) is 15.9. The van der Waals surface area contributed by atoms with Crippen molar-refractivity contribution >= 4 is 17.7 Å². The molecule has 0 amide bonds. The Balaban J connectivity index is 1.89. The van der Waals surface area contributed by atoms with Crippen LogP contribution in [0.15, 0.2) is 47.2 Å². The molecule has 1 aromatic rings. The summed E-state index contributed by atoms with van der Waals surface area (Å²) in [6.45, 7) is 5.85. The summed E-state index contributed by atoms with van der Waals surface area (Å²) in [4.78, 5) is 24.6. The molecule has 0 saturated carbocycles. The number of allylic oxidation sites excluding steroid dienone is 1. The highest BCUT2D eigenvalue weighted by Crippen LogP contribution is 2.47. The molecule has 1 spiro atoms. The first-order chi connectivity index (χ1) is 13.0. The fourth-order valence-corrected chi connectivity index (χ4v) is 3.38. The fraction of sp³-hybridized carbons (Fsp3) is 0.429. The molecule has 2 heterocycles. The monoisotopic (exact) mass is 372 g/mol. The molecule has 1 atom stereocenters. The number of rotatable bonds is 5. The number of carbonyl (C=O) groups is 2. The Morgan fingerprint density at radius 2 is 1.63 bits per heavy atom. The molecule has 0 saturated heterocycles. The van der Waals surface area contributed by atoms with Crippen LogP contribution in [-0.2, 0) is 28.5 Å². The van der Waals surface area contributed by atoms with Crippen LogP contribution in [0.25, 0.3) is 5.76 Å². The van der Waals surface area contributed by atoms with E-state index in [1.165, 1.54) is 0 Å². The van der Waals surface area contributed by atoms with Gasteiger partial charge in [-0.15, -0.1) is 0 Å². The van der Waals surface area contributed by atoms with E-state index >= 15 is 0 Å². The number of benzene rings is 1. The molecule has 0 radical (unpaired) electrons. The van der Waals surface area contributed by atoms with E-state index in [0.29, 0.717) is 42.1 Å². The van der Waals surface area contributed by atoms with Crippen LogP contribution in [-0.4, -0.2) is 30.9 Å². The highest BCUT2D eigenvalue weighted by molar-refractivity contribution is 5.97. The summed E-state index contributed by atoms with van der Waals surface area (Å²) in [6, 6.07) is 9.41. The smallest absolute Gasteiger partial charge is 0.338 e. The number of hydrogen-bond donors (Lipinski definition) is 0. The van der Waals surface area contributed by atoms with Gasteiger partial charge in [0, 0.05) is 12.0 Å². The average Bonchev–Trinajstić information content (AvgIpc) is 3.02. The average molecular weight is 372 g/mol. The maximum atomic E-state index is 12.5. The summed E-state index contributed by atoms with van der Waals surface area (Å²) in [7, 11) is 0. The van der Waals surface area contributed by atoms with Crippen molar-refractivity contribution in [2.75, 3.05) is 13.2 Å². The Labute approximate surface area is 158 Å². The van der Waals surface area contributed by atoms with Crippen molar-refractivity contribution < 1.29 is 28.5 Å². The van der Waals surface area contributed by atoms with Crippen LogP contribution in [0.1, 0.15) is 45.6 Å². The lowest BCUT2D eigenvalue weighted by molar-refractivity contribution is -0.176. The Kier molecular flexibility index (Phi) is 5.54. The van der Waals surface area contributed by atoms with Gasteiger partial charge in [0.15, 0.2) is 0 Å². The first-order valence-electron chi connectivity index (χ1n) is 9.20. The third-order valence-corrected chi connectivity index (χ3v) is 4.61. The lowest BCUT2D eigenvalue weighted by Crippen LogP contribution is -2.36. The summed E-state index contributed by atoms with van der Waals surface area (Å²) in [5.74, 6) is -0.842. The fourth-order valence-electron chi connectivity index (χ4n) is 3.38. The van der Waals surface area contributed by atoms with Crippen LogP contribution in [0.2, 0.25) is 0 Å². The highest BCUT2D eigenvalue weighted by Gasteiger charge is 2.48. The molecule has 0 aliphatic carbocycles. The van der Waals surface area contributed by atoms with Crippen molar-refractivity contribution in [3.63, 3.8) is 0 Å². The molecule has 0 aromatic heterocycles. The predicted molar refractivity (Wildman–Crippen MR) is 98.1 cm³/mol. The van der Waals surface area contributed by atoms with Crippen LogP contribution in [0, 0.1) is 0 Å². The highest BCUT2D eigenvalue weighted by atomic mass is 16.7. The first kappa shape index (κ1) is 19.0. The van der Waals surface area contributed by atoms with Gasteiger partial charge in [-0.1, -0.05) is 30.3 Å². The SMILES string of the molecule is CCOC(=O)C1=C(C)OC2(CC1)CC(C(=O)OCC)=C(c1ccccc1)O2. The molecule has 1 aromatic carbocycles. The number of hydrogen-bond acceptors (Lipinski definition) is 6. The van der Waals surface area contributed by atoms with E-state index in [0.717, 1.165) is 5.56 Å². The standard InChI is InChI=1S/C21H24O6/c1-4-24-19(22)16-11-12-21(26-14(16)3)13-17(20(23)25-5-2)18(27-21)15-9-7-6-8-10-15/h6-10H,4-5,11-13H2,1-3H3. The lowest BCUT2D eigenvalue weighted by atomic mass is 9.95. The van der Waals surface area contributed by atoms with Crippen molar-refractivity contribution in [2.45, 2.75) is 45.8 Å². The molecule has 27 heavy (non-hydrogen) atoms. The largest absolute Gasteiger partial charge is 0.463 e. The van der Waals surface area contributed by atoms with E-state index in [4.69, 9.17) is 18.9 Å². The molecular formula is C21H24O6. The summed E-state index contributed by atoms with van der Waals surface area (Å²) >= 11 is 0. The van der Waals surface area contributed by atoms with Crippen molar-refractivity contribution in [1.29, 1.82) is 0 Å². The van der Waals surface area contributed by atoms with Gasteiger partial charge in [0.2, 0.25) is 0 Å². The molecule has 144 valence electrons. The van der Waals surface area contributed by atoms with Gasteiger partial charge in [-0.25, -0.2) is 9.59 Å². The maximum absolute atomic E-state index is 12.5. The van der Waals surface area contributed by atoms with Crippen molar-refractivity contribution in [1.82, 2.24) is 0 Å². The Bertz CT molecular complexity index is 792. The molecule has 3 rings (SSSR count). The second-order valence-electron chi connectivity index (χ2n) is 6.44. The van der Waals surface area contributed by atoms with Gasteiger partial charge in [-0.3, -0.25) is 0 Å². The second-order valence-corrected chi connectivity index (χ2v) is 6.44. The normalized spacial score (nSPS) is 21.7. The summed E-state index contributed by atoms with van der Waals surface area (Å²) in [5, 5.41) is 0. The molecule has 6 nitrogen and oxygen atoms in total. The van der Waals surface area contributed by atoms with Crippen LogP contribution in [0.3, 0.4) is 0 Å². The summed E-state index contributed by atoms with van der Waals surface area (Å²) < 4.78 is 22.5. The third-order valence-electron chi connectivity index (χ3n) is 4.61. The second kappa shape index (κ2) is 7.86. The number of esters is 2. The zero-order chi connectivity index (χ0) is 19.4. The zero-order valence-corrected chi connectivity index (χ0v) is 15.9. The molecule has 0 N–H and O–H groups in total. The third kappa shape index (κ3) is 3.84. The topological polar surface area (TPSA) is 71.1 Å². The van der Waals surface area contributed by atoms with E-state index in [1.54, 1.807) is 20.8 Å². The van der Waals surface area contributed by atoms with Gasteiger partial charge in [0.25, 0.3) is 5.79 Å². The van der Waals surface area contributed by atoms with Crippen molar-refractivity contribution in [3.05, 3.63) is 52.8 Å². The van der Waals surface area contributed by atoms with Crippen LogP contribution >= 0.6 is 0 Å². The quantitative estimate of drug-likeness (QED) is 0.734. The van der Waals surface area contributed by atoms with E-state index in [2.05, 4.69) is 0 Å². The van der Waals surface area contributed by atoms with Crippen molar-refractivity contribution in [2.24, 2.45) is 0 Å². The van der Waals surface area contributed by atoms with Crippen LogP contribution in [0.4, 0.5) is 0 Å². The van der Waals surface area contributed by atoms with Gasteiger partial charge in [0.1, 0.15) is 11.5 Å². The minimum atomic E-state index is -1.01. The van der Waals surface area contributed by atoms with E-state index in [1.807, 2.05) is 30.3 Å². The first-order valence-corrected chi connectivity index (χ1v) is 9.20. The minimum Gasteiger partial charge on any atom is -0.463 e.